The first kappa shape index (κ1) is 28.2. The molecule has 31 heavy (non-hydrogen) atoms. The average molecular weight is 617 g/mol. The predicted octanol–water partition coefficient (Wildman–Crippen LogP) is -0.742. The zero-order chi connectivity index (χ0) is 19.0. The number of hydrogen-bond acceptors (Lipinski definition) is 0. The molecule has 0 bridgehead atoms. The van der Waals surface area contributed by atoms with Gasteiger partial charge in [-0.05, 0) is 49.4 Å². The molecule has 4 rings (SSSR count). The Morgan fingerprint density at radius 3 is 0.742 bits per heavy atom. The second-order valence-corrected chi connectivity index (χ2v) is 11.3. The first-order valence-corrected chi connectivity index (χ1v) is 12.7. The normalized spacial score (nSPS) is 10.0. The number of rotatable bonds is 7. The molecular formula is C26H24Br2CoP2. The van der Waals surface area contributed by atoms with Crippen molar-refractivity contribution >= 4 is 37.1 Å². The fourth-order valence-corrected chi connectivity index (χ4v) is 8.80. The van der Waals surface area contributed by atoms with Crippen LogP contribution in [0.25, 0.3) is 0 Å². The van der Waals surface area contributed by atoms with Gasteiger partial charge in [0, 0.05) is 0 Å². The van der Waals surface area contributed by atoms with Gasteiger partial charge in [0.05, 0.1) is 0 Å². The third-order valence-electron chi connectivity index (χ3n) is 4.82. The van der Waals surface area contributed by atoms with Gasteiger partial charge in [-0.1, -0.05) is 121 Å². The first-order chi connectivity index (χ1) is 13.9. The summed E-state index contributed by atoms with van der Waals surface area (Å²) in [7, 11) is -0.696. The summed E-state index contributed by atoms with van der Waals surface area (Å²) in [4.78, 5) is 0. The van der Waals surface area contributed by atoms with Crippen molar-refractivity contribution in [3.8, 4) is 0 Å². The van der Waals surface area contributed by atoms with Crippen molar-refractivity contribution in [3.05, 3.63) is 121 Å². The Kier molecular flexibility index (Phi) is 13.8. The van der Waals surface area contributed by atoms with E-state index in [1.54, 1.807) is 0 Å². The van der Waals surface area contributed by atoms with Gasteiger partial charge in [0.15, 0.2) is 0 Å². The summed E-state index contributed by atoms with van der Waals surface area (Å²) in [5.74, 6) is 0. The summed E-state index contributed by atoms with van der Waals surface area (Å²) in [6, 6.07) is 44.2. The Morgan fingerprint density at radius 2 is 0.548 bits per heavy atom. The summed E-state index contributed by atoms with van der Waals surface area (Å²) in [6.07, 6.45) is 2.41. The molecule has 0 heterocycles. The molecule has 0 atom stereocenters. The number of hydrogen-bond donors (Lipinski definition) is 0. The van der Waals surface area contributed by atoms with Crippen LogP contribution in [0.3, 0.4) is 0 Å². The van der Waals surface area contributed by atoms with Crippen molar-refractivity contribution < 1.29 is 50.7 Å². The number of benzene rings is 4. The van der Waals surface area contributed by atoms with Crippen LogP contribution >= 0.6 is 15.8 Å². The minimum atomic E-state index is -0.348. The maximum atomic E-state index is 2.30. The van der Waals surface area contributed by atoms with Crippen LogP contribution in [0.2, 0.25) is 0 Å². The molecular weight excluding hydrogens is 593 g/mol. The van der Waals surface area contributed by atoms with Crippen LogP contribution in [0, 0.1) is 0 Å². The van der Waals surface area contributed by atoms with Crippen molar-refractivity contribution in [2.45, 2.75) is 0 Å². The molecule has 0 aliphatic carbocycles. The average Bonchev–Trinajstić information content (AvgIpc) is 2.79. The molecule has 0 aliphatic rings. The smallest absolute Gasteiger partial charge is 1.00 e. The molecule has 0 spiro atoms. The molecule has 0 aliphatic heterocycles. The van der Waals surface area contributed by atoms with Crippen molar-refractivity contribution in [1.29, 1.82) is 0 Å². The van der Waals surface area contributed by atoms with E-state index in [1.807, 2.05) is 0 Å². The van der Waals surface area contributed by atoms with E-state index in [1.165, 1.54) is 33.5 Å². The van der Waals surface area contributed by atoms with Crippen LogP contribution in [0.5, 0.6) is 0 Å². The molecule has 0 saturated carbocycles. The zero-order valence-electron chi connectivity index (χ0n) is 16.9. The van der Waals surface area contributed by atoms with E-state index in [9.17, 15) is 0 Å². The predicted molar refractivity (Wildman–Crippen MR) is 128 cm³/mol. The van der Waals surface area contributed by atoms with Crippen molar-refractivity contribution in [1.82, 2.24) is 0 Å². The van der Waals surface area contributed by atoms with Crippen LogP contribution in [0.15, 0.2) is 121 Å². The molecule has 0 unspecified atom stereocenters. The van der Waals surface area contributed by atoms with E-state index >= 15 is 0 Å². The van der Waals surface area contributed by atoms with Gasteiger partial charge in [-0.2, -0.15) is 0 Å². The van der Waals surface area contributed by atoms with Gasteiger partial charge in [-0.3, -0.25) is 0 Å². The molecule has 4 aromatic rings. The Bertz CT molecular complexity index is 809. The molecule has 1 radical (unpaired) electrons. The van der Waals surface area contributed by atoms with E-state index in [4.69, 9.17) is 0 Å². The van der Waals surface area contributed by atoms with Gasteiger partial charge in [0.25, 0.3) is 0 Å². The molecule has 0 nitrogen and oxygen atoms in total. The minimum Gasteiger partial charge on any atom is -1.00 e. The van der Waals surface area contributed by atoms with Gasteiger partial charge in [0.1, 0.15) is 0 Å². The van der Waals surface area contributed by atoms with Gasteiger partial charge < -0.3 is 34.0 Å². The second kappa shape index (κ2) is 15.1. The van der Waals surface area contributed by atoms with Crippen LogP contribution < -0.4 is 55.2 Å². The third kappa shape index (κ3) is 7.93. The van der Waals surface area contributed by atoms with Crippen LogP contribution in [0.1, 0.15) is 0 Å². The van der Waals surface area contributed by atoms with Gasteiger partial charge in [0.2, 0.25) is 0 Å². The summed E-state index contributed by atoms with van der Waals surface area (Å²) in [5, 5.41) is 5.89. The summed E-state index contributed by atoms with van der Waals surface area (Å²) in [5.41, 5.74) is 0. The fraction of sp³-hybridized carbons (Fsp3) is 0.0769. The second-order valence-electron chi connectivity index (χ2n) is 6.65. The topological polar surface area (TPSA) is 0 Å². The fourth-order valence-electron chi connectivity index (χ4n) is 3.45. The Morgan fingerprint density at radius 1 is 0.355 bits per heavy atom. The molecule has 0 N–H and O–H groups in total. The Hall–Kier alpha value is -0.794. The van der Waals surface area contributed by atoms with Gasteiger partial charge in [-0.15, -0.1) is 0 Å². The molecule has 0 aromatic heterocycles. The Balaban J connectivity index is 0.00000160. The summed E-state index contributed by atoms with van der Waals surface area (Å²) in [6.45, 7) is 0. The van der Waals surface area contributed by atoms with E-state index in [-0.39, 0.29) is 66.6 Å². The largest absolute Gasteiger partial charge is 2.00 e. The standard InChI is InChI=1S/C26H24P2.2BrH.Co/c1-5-13-23(14-6-1)27(24-15-7-2-8-16-24)21-22-28(25-17-9-3-10-18-25)26-19-11-4-12-20-26;;;/h1-20H,21-22H2;2*1H;/q;;;+2/p-2. The molecule has 0 saturated heterocycles. The molecule has 4 aromatic carbocycles. The SMILES string of the molecule is [Br-].[Br-].[Co+2].c1ccc(P(CCP(c2ccccc2)c2ccccc2)c2ccccc2)cc1. The van der Waals surface area contributed by atoms with E-state index in [2.05, 4.69) is 121 Å². The zero-order valence-corrected chi connectivity index (χ0v) is 22.9. The van der Waals surface area contributed by atoms with E-state index < -0.39 is 0 Å². The van der Waals surface area contributed by atoms with Gasteiger partial charge in [-0.25, -0.2) is 0 Å². The quantitative estimate of drug-likeness (QED) is 0.240. The first-order valence-electron chi connectivity index (χ1n) is 9.67. The molecule has 5 heteroatoms. The summed E-state index contributed by atoms with van der Waals surface area (Å²) < 4.78 is 0. The molecule has 0 amide bonds. The molecule has 0 fully saturated rings. The van der Waals surface area contributed by atoms with Crippen molar-refractivity contribution in [2.24, 2.45) is 0 Å². The number of halogens is 2. The van der Waals surface area contributed by atoms with Crippen LogP contribution in [0.4, 0.5) is 0 Å². The van der Waals surface area contributed by atoms with E-state index in [0.29, 0.717) is 0 Å². The van der Waals surface area contributed by atoms with Crippen LogP contribution in [-0.2, 0) is 16.8 Å². The maximum absolute atomic E-state index is 2.30. The third-order valence-corrected chi connectivity index (χ3v) is 10.2. The molecule has 161 valence electrons. The van der Waals surface area contributed by atoms with Crippen LogP contribution in [-0.4, -0.2) is 12.3 Å². The summed E-state index contributed by atoms with van der Waals surface area (Å²) >= 11 is 0. The van der Waals surface area contributed by atoms with E-state index in [0.717, 1.165) is 0 Å². The Labute approximate surface area is 220 Å². The monoisotopic (exact) mass is 615 g/mol. The van der Waals surface area contributed by atoms with Gasteiger partial charge >= 0.3 is 16.8 Å². The minimum absolute atomic E-state index is 0. The van der Waals surface area contributed by atoms with Crippen molar-refractivity contribution in [3.63, 3.8) is 0 Å². The van der Waals surface area contributed by atoms with Crippen molar-refractivity contribution in [2.75, 3.05) is 12.3 Å². The maximum Gasteiger partial charge on any atom is 2.00 e.